The number of aromatic hydroxyl groups is 2. The minimum atomic E-state index is -0.662. The topological polar surface area (TPSA) is 52.8 Å². The number of phenolic OH excluding ortho intramolecular Hbond substituents is 2. The van der Waals surface area contributed by atoms with Crippen molar-refractivity contribution >= 4 is 33.3 Å². The van der Waals surface area contributed by atoms with Gasteiger partial charge < -0.3 is 10.2 Å². The van der Waals surface area contributed by atoms with Gasteiger partial charge in [-0.15, -0.1) is 0 Å². The van der Waals surface area contributed by atoms with Gasteiger partial charge in [-0.25, -0.2) is 17.6 Å². The van der Waals surface area contributed by atoms with Crippen molar-refractivity contribution in [2.45, 2.75) is 136 Å². The van der Waals surface area contributed by atoms with Crippen molar-refractivity contribution in [2.75, 3.05) is 0 Å². The molecule has 68 heavy (non-hydrogen) atoms. The van der Waals surface area contributed by atoms with Crippen molar-refractivity contribution in [1.29, 1.82) is 0 Å². The molecule has 0 aliphatic heterocycles. The van der Waals surface area contributed by atoms with Gasteiger partial charge in [0.2, 0.25) is 0 Å². The molecule has 0 radical (unpaired) electrons. The summed E-state index contributed by atoms with van der Waals surface area (Å²) in [4.78, 5) is 0. The van der Waals surface area contributed by atoms with Crippen LogP contribution in [0.2, 0.25) is 10.0 Å². The van der Waals surface area contributed by atoms with Crippen molar-refractivity contribution < 1.29 is 45.7 Å². The Morgan fingerprint density at radius 2 is 0.853 bits per heavy atom. The molecular weight excluding hydrogens is 985 g/mol. The number of hydrogen-bond donors (Lipinski definition) is 2. The van der Waals surface area contributed by atoms with E-state index in [1.54, 1.807) is 26.0 Å². The number of nitrogens with zero attached hydrogens (tertiary/aromatic N) is 1. The van der Waals surface area contributed by atoms with E-state index in [0.717, 1.165) is 164 Å². The summed E-state index contributed by atoms with van der Waals surface area (Å²) in [5, 5.41) is 22.3. The Labute approximate surface area is 416 Å². The van der Waals surface area contributed by atoms with Crippen LogP contribution in [-0.4, -0.2) is 14.6 Å². The smallest absolute Gasteiger partial charge is 0.165 e. The summed E-state index contributed by atoms with van der Waals surface area (Å²) < 4.78 is 64.8. The molecule has 4 aliphatic carbocycles. The molecule has 2 N–H and O–H groups in total. The van der Waals surface area contributed by atoms with Gasteiger partial charge in [-0.1, -0.05) is 0 Å². The Kier molecular flexibility index (Phi) is 15.9. The average molecular weight is 1040 g/mol. The maximum atomic E-state index is 14.5. The van der Waals surface area contributed by atoms with E-state index in [9.17, 15) is 27.8 Å². The van der Waals surface area contributed by atoms with Crippen molar-refractivity contribution in [2.24, 2.45) is 3.50 Å². The fraction of sp³-hybridized carbons (Fsp3) is 0.362. The van der Waals surface area contributed by atoms with E-state index in [1.165, 1.54) is 17.7 Å². The van der Waals surface area contributed by atoms with Crippen LogP contribution < -0.4 is 0 Å². The average Bonchev–Trinajstić information content (AvgIpc) is 3.33. The van der Waals surface area contributed by atoms with Crippen LogP contribution in [0.3, 0.4) is 0 Å². The maximum Gasteiger partial charge on any atom is 0.165 e. The number of hydrogen-bond acceptors (Lipinski definition) is 3. The van der Waals surface area contributed by atoms with Gasteiger partial charge in [0.15, 0.2) is 23.1 Å². The van der Waals surface area contributed by atoms with Crippen LogP contribution in [0.25, 0.3) is 22.3 Å². The molecule has 4 aliphatic rings. The third-order valence-electron chi connectivity index (χ3n) is 14.3. The van der Waals surface area contributed by atoms with Crippen LogP contribution in [0.4, 0.5) is 23.2 Å². The normalized spacial score (nSPS) is 15.0. The fourth-order valence-electron chi connectivity index (χ4n) is 10.6. The monoisotopic (exact) mass is 1050 g/mol. The number of phenols is 2. The molecule has 10 heteroatoms. The molecule has 3 nitrogen and oxygen atoms in total. The van der Waals surface area contributed by atoms with E-state index in [1.807, 2.05) is 24.3 Å². The molecule has 0 saturated heterocycles. The van der Waals surface area contributed by atoms with Crippen LogP contribution in [0.1, 0.15) is 126 Å². The third kappa shape index (κ3) is 10.5. The van der Waals surface area contributed by atoms with Crippen molar-refractivity contribution in [3.8, 4) is 33.8 Å². The predicted molar refractivity (Wildman–Crippen MR) is 267 cm³/mol. The molecule has 10 rings (SSSR count). The van der Waals surface area contributed by atoms with Crippen molar-refractivity contribution in [1.82, 2.24) is 0 Å². The first kappa shape index (κ1) is 50.0. The minimum Gasteiger partial charge on any atom is -0.504 e. The summed E-state index contributed by atoms with van der Waals surface area (Å²) in [5.41, 5.74) is 13.9. The van der Waals surface area contributed by atoms with E-state index in [2.05, 4.69) is 46.0 Å². The predicted octanol–water partition coefficient (Wildman–Crippen LogP) is 16.5. The van der Waals surface area contributed by atoms with E-state index in [-0.39, 0.29) is 28.5 Å². The van der Waals surface area contributed by atoms with E-state index >= 15 is 0 Å². The van der Waals surface area contributed by atoms with Gasteiger partial charge in [0.25, 0.3) is 0 Å². The van der Waals surface area contributed by atoms with Crippen LogP contribution >= 0.6 is 23.2 Å². The second-order valence-corrected chi connectivity index (χ2v) is 21.6. The summed E-state index contributed by atoms with van der Waals surface area (Å²) in [7, 11) is 0. The summed E-state index contributed by atoms with van der Waals surface area (Å²) in [5.74, 6) is -2.29. The van der Waals surface area contributed by atoms with Crippen molar-refractivity contribution in [3.63, 3.8) is 0 Å². The number of rotatable bonds is 5. The van der Waals surface area contributed by atoms with E-state index < -0.39 is 29.6 Å². The molecule has 356 valence electrons. The second kappa shape index (κ2) is 21.7. The summed E-state index contributed by atoms with van der Waals surface area (Å²) in [6.07, 6.45) is 15.1. The number of fused-ring (bicyclic) bond motifs is 4. The molecule has 0 amide bonds. The quantitative estimate of drug-likeness (QED) is 0.134. The molecule has 0 heterocycles. The molecule has 0 atom stereocenters. The van der Waals surface area contributed by atoms with Crippen LogP contribution in [0, 0.1) is 37.1 Å². The fourth-order valence-corrected chi connectivity index (χ4v) is 13.2. The molecule has 0 saturated carbocycles. The molecule has 0 unspecified atom stereocenters. The molecule has 0 bridgehead atoms. The Bertz CT molecular complexity index is 2650. The van der Waals surface area contributed by atoms with Gasteiger partial charge in [0.1, 0.15) is 11.6 Å². The Balaban J connectivity index is 0.000000139. The molecule has 0 aromatic heterocycles. The zero-order valence-corrected chi connectivity index (χ0v) is 42.9. The second-order valence-electron chi connectivity index (χ2n) is 19.2. The summed E-state index contributed by atoms with van der Waals surface area (Å²) in [6, 6.07) is 22.1. The Hall–Kier alpha value is -4.42. The van der Waals surface area contributed by atoms with Crippen LogP contribution in [0.5, 0.6) is 11.5 Å². The number of benzene rings is 6. The largest absolute Gasteiger partial charge is 0.504 e. The van der Waals surface area contributed by atoms with Gasteiger partial charge in [0, 0.05) is 11.1 Å². The van der Waals surface area contributed by atoms with Gasteiger partial charge in [-0.3, -0.25) is 0 Å². The summed E-state index contributed by atoms with van der Waals surface area (Å²) in [6.45, 7) is 7.91. The Morgan fingerprint density at radius 1 is 0.500 bits per heavy atom. The van der Waals surface area contributed by atoms with Gasteiger partial charge in [0.05, 0.1) is 0 Å². The molecule has 6 aromatic carbocycles. The standard InChI is InChI=1S/2C21H22F2O.C10H12.C6H3Cl2N.Mo/c2*1-12-17(22)10-13-6-2-4-8-15(13)19(12)20-16-9-5-3-7-14(16)11-18(23)21(20)24;1-10(2,3)9-7-5-4-6-8-9;7-4-2-1-3-5(8)6(4)9;/h2*10-11,24H,2-9H2,1H3;1,4-8H,2-3H3;1-3H;. The zero-order chi connectivity index (χ0) is 48.3. The maximum absolute atomic E-state index is 14.5. The first-order valence-electron chi connectivity index (χ1n) is 24.1. The minimum absolute atomic E-state index is 0.0146. The first-order valence-corrected chi connectivity index (χ1v) is 26.9. The number of halogens is 6. The van der Waals surface area contributed by atoms with Gasteiger partial charge in [-0.2, -0.15) is 0 Å². The number of aryl methyl sites for hydroxylation is 4. The molecule has 0 fully saturated rings. The molecular formula is C58H59Cl2F4MoNO2. The van der Waals surface area contributed by atoms with Gasteiger partial charge in [-0.05, 0) is 208 Å². The Morgan fingerprint density at radius 3 is 1.25 bits per heavy atom. The SMILES string of the molecule is CC(C)([CH]=[Mo]=[N]c1c(Cl)cccc1Cl)c1ccccc1.Cc1c(F)cc2c(c1-c1c(O)c(F)cc3c1CCCC3)CCCC2.Cc1c(F)cc2c(c1-c1c(O)c(F)cc3c1CCCC3)CCCC2. The van der Waals surface area contributed by atoms with Crippen LogP contribution in [0.15, 0.2) is 76.3 Å². The molecule has 0 spiro atoms. The summed E-state index contributed by atoms with van der Waals surface area (Å²) >= 11 is 11.6. The first-order chi connectivity index (χ1) is 32.7. The van der Waals surface area contributed by atoms with Crippen LogP contribution in [-0.2, 0) is 74.7 Å². The van der Waals surface area contributed by atoms with Gasteiger partial charge >= 0.3 is 138 Å². The third-order valence-corrected chi connectivity index (χ3v) is 17.3. The van der Waals surface area contributed by atoms with E-state index in [0.29, 0.717) is 32.3 Å². The zero-order valence-electron chi connectivity index (χ0n) is 39.3. The van der Waals surface area contributed by atoms with E-state index in [4.69, 9.17) is 23.2 Å². The van der Waals surface area contributed by atoms with Crippen molar-refractivity contribution in [3.05, 3.63) is 167 Å². The molecule has 6 aromatic rings.